The summed E-state index contributed by atoms with van der Waals surface area (Å²) in [5, 5.41) is 17.3. The number of imidazole rings is 2. The molecule has 23 heteroatoms. The monoisotopic (exact) mass is 974 g/mol. The third kappa shape index (κ3) is 12.7. The van der Waals surface area contributed by atoms with Crippen LogP contribution in [0, 0.1) is 13.8 Å². The smallest absolute Gasteiger partial charge is 0.412 e. The Morgan fingerprint density at radius 1 is 0.817 bits per heavy atom. The van der Waals surface area contributed by atoms with Crippen LogP contribution in [-0.2, 0) is 37.3 Å². The first-order valence-electron chi connectivity index (χ1n) is 22.5. The van der Waals surface area contributed by atoms with E-state index in [-0.39, 0.29) is 30.2 Å². The summed E-state index contributed by atoms with van der Waals surface area (Å²) >= 11 is 0. The second kappa shape index (κ2) is 22.6. The molecule has 23 nitrogen and oxygen atoms in total. The van der Waals surface area contributed by atoms with Gasteiger partial charge in [0.1, 0.15) is 40.4 Å². The van der Waals surface area contributed by atoms with Crippen LogP contribution < -0.4 is 36.9 Å². The summed E-state index contributed by atoms with van der Waals surface area (Å²) in [4.78, 5) is 73.8. The number of nitrogens with zero attached hydrogens (tertiary/aromatic N) is 9. The van der Waals surface area contributed by atoms with Gasteiger partial charge in [-0.15, -0.1) is 0 Å². The van der Waals surface area contributed by atoms with Gasteiger partial charge in [0.15, 0.2) is 17.9 Å². The van der Waals surface area contributed by atoms with Crippen LogP contribution >= 0.6 is 0 Å². The number of carbonyl (C=O) groups is 5. The maximum atomic E-state index is 13.6. The first-order valence-corrected chi connectivity index (χ1v) is 22.5. The lowest BCUT2D eigenvalue weighted by Crippen LogP contribution is -2.27. The number of aryl methyl sites for hydroxylation is 4. The summed E-state index contributed by atoms with van der Waals surface area (Å²) < 4.78 is 29.0. The number of rotatable bonds is 19. The van der Waals surface area contributed by atoms with Crippen LogP contribution in [0.5, 0.6) is 11.5 Å². The summed E-state index contributed by atoms with van der Waals surface area (Å²) in [6.07, 6.45) is 11.5. The van der Waals surface area contributed by atoms with Crippen LogP contribution in [0.15, 0.2) is 71.4 Å². The number of fused-ring (bicyclic) bond motifs is 2. The van der Waals surface area contributed by atoms with Crippen LogP contribution in [-0.4, -0.2) is 100 Å². The highest BCUT2D eigenvalue weighted by atomic mass is 16.6. The Balaban J connectivity index is 0.000000734. The van der Waals surface area contributed by atoms with E-state index >= 15 is 0 Å². The van der Waals surface area contributed by atoms with E-state index in [9.17, 15) is 24.0 Å². The van der Waals surface area contributed by atoms with Gasteiger partial charge in [-0.1, -0.05) is 25.2 Å². The Hall–Kier alpha value is -8.76. The van der Waals surface area contributed by atoms with Gasteiger partial charge >= 0.3 is 6.09 Å². The molecule has 0 fully saturated rings. The standard InChI is InChI=1S/C41H49N13O7.C7H9NO2/c1-8-54-30(17-24(2)50-54)37(57)49-39-48-28-18-25(35(42)55)20-31(59-7)33(28)53(39)15-10-9-14-52-34-29(47-38(52)44-6)19-26(36(43)56)21-32(34)60-16-12-11-13-51-23-27(22-45-51)46-40(58)61-41(3,4)5;1-3-6-7(4-9)10-5(2)8-6/h9-12,17-23H,8,13-16H2,1-7H3,(H2,42,55)(H2,43,56)(H,44,47)(H,46,58)(H,48,49,57);4H,3H2,1-2H3/b10-9+,12-11+;. The molecule has 0 bridgehead atoms. The van der Waals surface area contributed by atoms with E-state index in [1.807, 2.05) is 36.6 Å². The Kier molecular flexibility index (Phi) is 16.4. The fourth-order valence-electron chi connectivity index (χ4n) is 7.32. The Labute approximate surface area is 408 Å². The quantitative estimate of drug-likeness (QED) is 0.0445. The molecule has 5 heterocycles. The van der Waals surface area contributed by atoms with Crippen molar-refractivity contribution in [3.05, 3.63) is 107 Å². The largest absolute Gasteiger partial charge is 0.494 e. The number of aldehydes is 1. The Morgan fingerprint density at radius 2 is 1.44 bits per heavy atom. The van der Waals surface area contributed by atoms with Crippen LogP contribution in [0.2, 0.25) is 0 Å². The normalized spacial score (nSPS) is 11.5. The minimum Gasteiger partial charge on any atom is -0.494 e. The van der Waals surface area contributed by atoms with Crippen molar-refractivity contribution in [2.45, 2.75) is 86.7 Å². The van der Waals surface area contributed by atoms with E-state index in [0.717, 1.165) is 12.1 Å². The SMILES string of the molecule is CCc1nc(C)oc1C=O.CCn1nc(C)cc1C(=O)Nc1nc2cc(C(N)=O)cc(OC)c2n1C/C=C/Cn1c(NC)nc2cc(C(N)=O)cc(OC/C=C/Cn3cc(NC(=O)OC(C)(C)C)cn3)c21. The number of ether oxygens (including phenoxy) is 3. The summed E-state index contributed by atoms with van der Waals surface area (Å²) in [7, 11) is 3.20. The van der Waals surface area contributed by atoms with Crippen LogP contribution in [0.1, 0.15) is 93.7 Å². The average molecular weight is 975 g/mol. The highest BCUT2D eigenvalue weighted by molar-refractivity contribution is 6.04. The zero-order chi connectivity index (χ0) is 51.6. The number of benzene rings is 2. The van der Waals surface area contributed by atoms with Gasteiger partial charge in [-0.3, -0.25) is 39.2 Å². The first-order chi connectivity index (χ1) is 33.9. The molecule has 0 aliphatic rings. The predicted octanol–water partition coefficient (Wildman–Crippen LogP) is 6.20. The summed E-state index contributed by atoms with van der Waals surface area (Å²) in [5.41, 5.74) is 15.4. The molecule has 0 unspecified atom stereocenters. The number of allylic oxidation sites excluding steroid dienone is 3. The van der Waals surface area contributed by atoms with Crippen LogP contribution in [0.4, 0.5) is 22.4 Å². The molecular formula is C48H58N14O9. The van der Waals surface area contributed by atoms with Crippen molar-refractivity contribution in [1.82, 2.24) is 43.6 Å². The van der Waals surface area contributed by atoms with Gasteiger partial charge in [0, 0.05) is 50.9 Å². The third-order valence-corrected chi connectivity index (χ3v) is 10.4. The molecule has 374 valence electrons. The first kappa shape index (κ1) is 51.6. The van der Waals surface area contributed by atoms with E-state index in [2.05, 4.69) is 36.1 Å². The fourth-order valence-corrected chi connectivity index (χ4v) is 7.32. The lowest BCUT2D eigenvalue weighted by Gasteiger charge is -2.19. The molecule has 71 heavy (non-hydrogen) atoms. The van der Waals surface area contributed by atoms with Gasteiger partial charge in [-0.05, 0) is 77.4 Å². The number of amides is 4. The molecule has 0 radical (unpaired) electrons. The maximum Gasteiger partial charge on any atom is 0.412 e. The number of anilines is 3. The van der Waals surface area contributed by atoms with Crippen LogP contribution in [0.25, 0.3) is 22.1 Å². The lowest BCUT2D eigenvalue weighted by atomic mass is 10.1. The second-order valence-electron chi connectivity index (χ2n) is 16.7. The van der Waals surface area contributed by atoms with E-state index in [1.54, 1.807) is 92.1 Å². The number of nitrogens with one attached hydrogen (secondary N) is 3. The molecular weight excluding hydrogens is 917 g/mol. The maximum absolute atomic E-state index is 13.6. The molecule has 7 aromatic rings. The van der Waals surface area contributed by atoms with Gasteiger partial charge in [0.2, 0.25) is 23.7 Å². The van der Waals surface area contributed by atoms with E-state index in [4.69, 9.17) is 35.1 Å². The van der Waals surface area contributed by atoms with Crippen molar-refractivity contribution in [3.8, 4) is 11.5 Å². The number of nitrogens with two attached hydrogens (primary N) is 2. The minimum absolute atomic E-state index is 0.137. The van der Waals surface area contributed by atoms with Gasteiger partial charge in [-0.25, -0.2) is 19.7 Å². The minimum atomic E-state index is -0.656. The molecule has 5 aromatic heterocycles. The van der Waals surface area contributed by atoms with Gasteiger partial charge in [-0.2, -0.15) is 10.2 Å². The Morgan fingerprint density at radius 3 is 2.01 bits per heavy atom. The van der Waals surface area contributed by atoms with Crippen molar-refractivity contribution in [2.75, 3.05) is 36.7 Å². The van der Waals surface area contributed by atoms with E-state index < -0.39 is 29.4 Å². The molecule has 0 atom stereocenters. The molecule has 4 amide bonds. The predicted molar refractivity (Wildman–Crippen MR) is 265 cm³/mol. The van der Waals surface area contributed by atoms with Crippen molar-refractivity contribution in [2.24, 2.45) is 11.5 Å². The number of carbonyl (C=O) groups excluding carboxylic acids is 5. The fraction of sp³-hybridized carbons (Fsp3) is 0.333. The third-order valence-electron chi connectivity index (χ3n) is 10.4. The molecule has 0 saturated carbocycles. The second-order valence-corrected chi connectivity index (χ2v) is 16.7. The highest BCUT2D eigenvalue weighted by Crippen LogP contribution is 2.33. The van der Waals surface area contributed by atoms with Gasteiger partial charge < -0.3 is 44.5 Å². The lowest BCUT2D eigenvalue weighted by molar-refractivity contribution is 0.0635. The number of primary amides is 2. The van der Waals surface area contributed by atoms with Crippen molar-refractivity contribution in [3.63, 3.8) is 0 Å². The molecule has 7 rings (SSSR count). The Bertz CT molecular complexity index is 3140. The highest BCUT2D eigenvalue weighted by Gasteiger charge is 2.23. The van der Waals surface area contributed by atoms with Gasteiger partial charge in [0.05, 0.1) is 48.0 Å². The van der Waals surface area contributed by atoms with E-state index in [0.29, 0.717) is 94.2 Å². The number of aromatic nitrogens is 9. The molecule has 7 N–H and O–H groups in total. The van der Waals surface area contributed by atoms with Gasteiger partial charge in [0.25, 0.3) is 5.91 Å². The van der Waals surface area contributed by atoms with Crippen LogP contribution in [0.3, 0.4) is 0 Å². The van der Waals surface area contributed by atoms with Crippen molar-refractivity contribution in [1.29, 1.82) is 0 Å². The number of methoxy groups -OCH3 is 1. The molecule has 0 spiro atoms. The molecule has 0 aliphatic heterocycles. The average Bonchev–Trinajstić information content (AvgIpc) is 4.16. The zero-order valence-electron chi connectivity index (χ0n) is 41.0. The topological polar surface area (TPSA) is 298 Å². The van der Waals surface area contributed by atoms with E-state index in [1.165, 1.54) is 19.4 Å². The summed E-state index contributed by atoms with van der Waals surface area (Å²) in [5.74, 6) is 0.635. The molecule has 2 aromatic carbocycles. The molecule has 0 saturated heterocycles. The number of hydrogen-bond donors (Lipinski definition) is 5. The number of oxazole rings is 1. The summed E-state index contributed by atoms with van der Waals surface area (Å²) in [6, 6.07) is 7.95. The molecule has 0 aliphatic carbocycles. The zero-order valence-corrected chi connectivity index (χ0v) is 41.0. The number of hydrogen-bond acceptors (Lipinski definition) is 15. The summed E-state index contributed by atoms with van der Waals surface area (Å²) in [6.45, 7) is 14.2. The van der Waals surface area contributed by atoms with Crippen molar-refractivity contribution >= 4 is 69.8 Å². The van der Waals surface area contributed by atoms with Crippen molar-refractivity contribution < 1.29 is 42.6 Å².